The fraction of sp³-hybridized carbons (Fsp3) is 0.875. The lowest BCUT2D eigenvalue weighted by atomic mass is 9.64. The molecule has 1 aliphatic carbocycles. The van der Waals surface area contributed by atoms with Crippen molar-refractivity contribution in [1.29, 1.82) is 0 Å². The van der Waals surface area contributed by atoms with Crippen molar-refractivity contribution >= 4 is 11.9 Å². The van der Waals surface area contributed by atoms with Gasteiger partial charge in [0.1, 0.15) is 0 Å². The molecule has 0 aromatic carbocycles. The number of carboxylic acid groups (broad SMARTS) is 1. The quantitative estimate of drug-likeness (QED) is 0.722. The minimum Gasteiger partial charge on any atom is -0.481 e. The molecule has 1 fully saturated rings. The Hall–Kier alpha value is -1.10. The summed E-state index contributed by atoms with van der Waals surface area (Å²) in [5.41, 5.74) is -1.05. The Morgan fingerprint density at radius 1 is 1.29 bits per heavy atom. The van der Waals surface area contributed by atoms with E-state index < -0.39 is 11.4 Å². The summed E-state index contributed by atoms with van der Waals surface area (Å²) < 4.78 is 5.64. The van der Waals surface area contributed by atoms with Crippen LogP contribution in [-0.4, -0.2) is 35.7 Å². The molecule has 0 spiro atoms. The van der Waals surface area contributed by atoms with Crippen molar-refractivity contribution in [3.05, 3.63) is 0 Å². The highest BCUT2D eigenvalue weighted by Gasteiger charge is 2.50. The van der Waals surface area contributed by atoms with Crippen LogP contribution >= 0.6 is 0 Å². The van der Waals surface area contributed by atoms with Gasteiger partial charge in [0.2, 0.25) is 5.91 Å². The monoisotopic (exact) mass is 299 g/mol. The third-order valence-electron chi connectivity index (χ3n) is 5.19. The maximum absolute atomic E-state index is 12.2. The van der Waals surface area contributed by atoms with Crippen LogP contribution in [-0.2, 0) is 14.3 Å². The molecule has 0 radical (unpaired) electrons. The Balaban J connectivity index is 2.61. The second kappa shape index (κ2) is 6.77. The van der Waals surface area contributed by atoms with E-state index in [4.69, 9.17) is 4.74 Å². The predicted octanol–water partition coefficient (Wildman–Crippen LogP) is 2.59. The van der Waals surface area contributed by atoms with Crippen LogP contribution in [0.3, 0.4) is 0 Å². The van der Waals surface area contributed by atoms with E-state index in [9.17, 15) is 14.7 Å². The van der Waals surface area contributed by atoms with Crippen molar-refractivity contribution in [3.8, 4) is 0 Å². The fourth-order valence-electron chi connectivity index (χ4n) is 3.05. The highest BCUT2D eigenvalue weighted by atomic mass is 16.5. The molecule has 2 atom stereocenters. The lowest BCUT2D eigenvalue weighted by Gasteiger charge is -2.51. The summed E-state index contributed by atoms with van der Waals surface area (Å²) in [5, 5.41) is 12.4. The molecule has 0 aliphatic heterocycles. The number of rotatable bonds is 8. The van der Waals surface area contributed by atoms with Crippen LogP contribution in [0.4, 0.5) is 0 Å². The first-order valence-electron chi connectivity index (χ1n) is 7.87. The molecular weight excluding hydrogens is 270 g/mol. The molecule has 0 aromatic heterocycles. The summed E-state index contributed by atoms with van der Waals surface area (Å²) in [6.45, 7) is 10.4. The van der Waals surface area contributed by atoms with Crippen LogP contribution < -0.4 is 5.32 Å². The molecular formula is C16H29NO4. The summed E-state index contributed by atoms with van der Waals surface area (Å²) in [6, 6.07) is 0.0572. The van der Waals surface area contributed by atoms with Crippen molar-refractivity contribution < 1.29 is 19.4 Å². The zero-order chi connectivity index (χ0) is 16.3. The lowest BCUT2D eigenvalue weighted by Crippen LogP contribution is -2.62. The Bertz CT molecular complexity index is 388. The molecule has 1 aliphatic rings. The van der Waals surface area contributed by atoms with E-state index in [0.29, 0.717) is 19.4 Å². The van der Waals surface area contributed by atoms with Gasteiger partial charge in [0.25, 0.3) is 0 Å². The van der Waals surface area contributed by atoms with E-state index in [-0.39, 0.29) is 29.9 Å². The number of aliphatic carboxylic acids is 1. The van der Waals surface area contributed by atoms with Crippen LogP contribution in [0.25, 0.3) is 0 Å². The molecule has 0 heterocycles. The molecule has 1 saturated carbocycles. The average Bonchev–Trinajstić information content (AvgIpc) is 2.43. The molecule has 2 N–H and O–H groups in total. The Morgan fingerprint density at radius 2 is 1.86 bits per heavy atom. The molecule has 21 heavy (non-hydrogen) atoms. The SMILES string of the molecule is CCOC1CC(NC(=O)CC(CC)(CC)C(=O)O)C1(C)C. The van der Waals surface area contributed by atoms with Gasteiger partial charge in [0.05, 0.1) is 11.5 Å². The van der Waals surface area contributed by atoms with Crippen LogP contribution in [0, 0.1) is 10.8 Å². The third-order valence-corrected chi connectivity index (χ3v) is 5.19. The Morgan fingerprint density at radius 3 is 2.24 bits per heavy atom. The number of nitrogens with one attached hydrogen (secondary N) is 1. The molecule has 122 valence electrons. The van der Waals surface area contributed by atoms with E-state index >= 15 is 0 Å². The van der Waals surface area contributed by atoms with Gasteiger partial charge in [-0.3, -0.25) is 9.59 Å². The number of carbonyl (C=O) groups is 2. The molecule has 1 rings (SSSR count). The van der Waals surface area contributed by atoms with Crippen molar-refractivity contribution in [2.45, 2.75) is 72.4 Å². The number of amides is 1. The number of hydrogen-bond acceptors (Lipinski definition) is 3. The van der Waals surface area contributed by atoms with Crippen LogP contribution in [0.2, 0.25) is 0 Å². The molecule has 5 nitrogen and oxygen atoms in total. The molecule has 1 amide bonds. The summed E-state index contributed by atoms with van der Waals surface area (Å²) in [6.07, 6.45) is 1.92. The van der Waals surface area contributed by atoms with Gasteiger partial charge in [-0.15, -0.1) is 0 Å². The zero-order valence-electron chi connectivity index (χ0n) is 13.9. The molecule has 0 aromatic rings. The van der Waals surface area contributed by atoms with E-state index in [0.717, 1.165) is 6.42 Å². The van der Waals surface area contributed by atoms with Gasteiger partial charge in [-0.25, -0.2) is 0 Å². The zero-order valence-corrected chi connectivity index (χ0v) is 13.9. The second-order valence-corrected chi connectivity index (χ2v) is 6.59. The van der Waals surface area contributed by atoms with Gasteiger partial charge < -0.3 is 15.2 Å². The van der Waals surface area contributed by atoms with Gasteiger partial charge in [-0.2, -0.15) is 0 Å². The van der Waals surface area contributed by atoms with Crippen LogP contribution in [0.15, 0.2) is 0 Å². The Labute approximate surface area is 127 Å². The second-order valence-electron chi connectivity index (χ2n) is 6.59. The molecule has 0 bridgehead atoms. The number of carboxylic acids is 1. The van der Waals surface area contributed by atoms with Crippen molar-refractivity contribution in [1.82, 2.24) is 5.32 Å². The molecule has 0 saturated heterocycles. The van der Waals surface area contributed by atoms with Gasteiger partial charge in [0.15, 0.2) is 0 Å². The molecule has 5 heteroatoms. The van der Waals surface area contributed by atoms with E-state index in [1.165, 1.54) is 0 Å². The minimum absolute atomic E-state index is 0.0429. The maximum Gasteiger partial charge on any atom is 0.310 e. The Kier molecular flexibility index (Phi) is 5.79. The summed E-state index contributed by atoms with van der Waals surface area (Å²) in [4.78, 5) is 23.7. The topological polar surface area (TPSA) is 75.6 Å². The summed E-state index contributed by atoms with van der Waals surface area (Å²) in [7, 11) is 0. The van der Waals surface area contributed by atoms with Gasteiger partial charge in [-0.1, -0.05) is 27.7 Å². The predicted molar refractivity (Wildman–Crippen MR) is 81.0 cm³/mol. The van der Waals surface area contributed by atoms with Gasteiger partial charge in [-0.05, 0) is 26.2 Å². The number of hydrogen-bond donors (Lipinski definition) is 2. The first kappa shape index (κ1) is 18.0. The fourth-order valence-corrected chi connectivity index (χ4v) is 3.05. The first-order valence-corrected chi connectivity index (χ1v) is 7.87. The van der Waals surface area contributed by atoms with Crippen LogP contribution in [0.1, 0.15) is 60.3 Å². The van der Waals surface area contributed by atoms with Crippen molar-refractivity contribution in [3.63, 3.8) is 0 Å². The lowest BCUT2D eigenvalue weighted by molar-refractivity contribution is -0.154. The summed E-state index contributed by atoms with van der Waals surface area (Å²) >= 11 is 0. The summed E-state index contributed by atoms with van der Waals surface area (Å²) in [5.74, 6) is -1.06. The van der Waals surface area contributed by atoms with Gasteiger partial charge >= 0.3 is 5.97 Å². The van der Waals surface area contributed by atoms with Crippen molar-refractivity contribution in [2.75, 3.05) is 6.61 Å². The maximum atomic E-state index is 12.2. The molecule has 2 unspecified atom stereocenters. The van der Waals surface area contributed by atoms with E-state index in [2.05, 4.69) is 19.2 Å². The normalized spacial score (nSPS) is 24.2. The number of carbonyl (C=O) groups excluding carboxylic acids is 1. The van der Waals surface area contributed by atoms with E-state index in [1.54, 1.807) is 0 Å². The van der Waals surface area contributed by atoms with Crippen molar-refractivity contribution in [2.24, 2.45) is 10.8 Å². The van der Waals surface area contributed by atoms with Gasteiger partial charge in [0, 0.05) is 24.5 Å². The number of ether oxygens (including phenoxy) is 1. The van der Waals surface area contributed by atoms with Crippen LogP contribution in [0.5, 0.6) is 0 Å². The smallest absolute Gasteiger partial charge is 0.310 e. The highest BCUT2D eigenvalue weighted by Crippen LogP contribution is 2.43. The average molecular weight is 299 g/mol. The first-order chi connectivity index (χ1) is 9.73. The van der Waals surface area contributed by atoms with E-state index in [1.807, 2.05) is 20.8 Å². The largest absolute Gasteiger partial charge is 0.481 e. The minimum atomic E-state index is -0.947. The third kappa shape index (κ3) is 3.57. The highest BCUT2D eigenvalue weighted by molar-refractivity contribution is 5.85. The standard InChI is InChI=1S/C16H29NO4/c1-6-16(7-2,14(19)20)10-13(18)17-11-9-12(21-8-3)15(11,4)5/h11-12H,6-10H2,1-5H3,(H,17,18)(H,19,20).